The molecule has 0 atom stereocenters. The molecular weight excluding hydrogens is 360 g/mol. The van der Waals surface area contributed by atoms with E-state index in [2.05, 4.69) is 17.5 Å². The third-order valence-corrected chi connectivity index (χ3v) is 5.56. The number of benzene rings is 2. The van der Waals surface area contributed by atoms with Gasteiger partial charge < -0.3 is 10.1 Å². The minimum atomic E-state index is 0.0376. The highest BCUT2D eigenvalue weighted by Crippen LogP contribution is 2.39. The van der Waals surface area contributed by atoms with Gasteiger partial charge in [0.25, 0.3) is 0 Å². The fraction of sp³-hybridized carbons (Fsp3) is 0.364. The molecule has 1 amide bonds. The minimum Gasteiger partial charge on any atom is -0.495 e. The summed E-state index contributed by atoms with van der Waals surface area (Å²) >= 11 is 6.25. The number of methoxy groups -OCH3 is 1. The van der Waals surface area contributed by atoms with E-state index >= 15 is 0 Å². The molecule has 1 fully saturated rings. The lowest BCUT2D eigenvalue weighted by molar-refractivity contribution is -0.117. The standard InChI is InChI=1S/C22H23ClN2O2/c1-27-21-11-8-18(13-20(21)23)17-6-2-15(3-7-17)12-22(26)25-19-9-4-16(14-24)5-10-19/h4-5,8-11,13,15,17H,2-3,6-7,12H2,1H3,(H,25,26)/t15-,17+. The Labute approximate surface area is 165 Å². The van der Waals surface area contributed by atoms with Crippen molar-refractivity contribution < 1.29 is 9.53 Å². The molecule has 0 aromatic heterocycles. The van der Waals surface area contributed by atoms with Crippen molar-refractivity contribution in [1.82, 2.24) is 0 Å². The van der Waals surface area contributed by atoms with Gasteiger partial charge in [-0.05, 0) is 79.5 Å². The zero-order valence-electron chi connectivity index (χ0n) is 15.4. The van der Waals surface area contributed by atoms with Gasteiger partial charge in [-0.2, -0.15) is 5.26 Å². The van der Waals surface area contributed by atoms with Crippen LogP contribution in [0.15, 0.2) is 42.5 Å². The average molecular weight is 383 g/mol. The number of halogens is 1. The number of carbonyl (C=O) groups is 1. The molecule has 3 rings (SSSR count). The van der Waals surface area contributed by atoms with E-state index < -0.39 is 0 Å². The van der Waals surface area contributed by atoms with Crippen LogP contribution in [-0.2, 0) is 4.79 Å². The van der Waals surface area contributed by atoms with Crippen LogP contribution in [0.2, 0.25) is 5.02 Å². The maximum Gasteiger partial charge on any atom is 0.224 e. The van der Waals surface area contributed by atoms with E-state index in [4.69, 9.17) is 21.6 Å². The summed E-state index contributed by atoms with van der Waals surface area (Å²) in [6, 6.07) is 15.0. The first kappa shape index (κ1) is 19.3. The maximum atomic E-state index is 12.3. The van der Waals surface area contributed by atoms with Gasteiger partial charge >= 0.3 is 0 Å². The zero-order chi connectivity index (χ0) is 19.2. The smallest absolute Gasteiger partial charge is 0.224 e. The van der Waals surface area contributed by atoms with Crippen molar-refractivity contribution in [2.75, 3.05) is 12.4 Å². The Morgan fingerprint density at radius 2 is 1.89 bits per heavy atom. The summed E-state index contributed by atoms with van der Waals surface area (Å²) in [5, 5.41) is 12.4. The zero-order valence-corrected chi connectivity index (χ0v) is 16.1. The van der Waals surface area contributed by atoms with Crippen LogP contribution in [0, 0.1) is 17.2 Å². The fourth-order valence-corrected chi connectivity index (χ4v) is 4.00. The van der Waals surface area contributed by atoms with E-state index in [0.717, 1.165) is 31.4 Å². The molecule has 1 aliphatic carbocycles. The van der Waals surface area contributed by atoms with Crippen molar-refractivity contribution in [2.45, 2.75) is 38.0 Å². The van der Waals surface area contributed by atoms with Crippen molar-refractivity contribution in [3.05, 3.63) is 58.6 Å². The Hall–Kier alpha value is -2.51. The first-order valence-electron chi connectivity index (χ1n) is 9.22. The van der Waals surface area contributed by atoms with E-state index in [1.54, 1.807) is 31.4 Å². The number of anilines is 1. The molecule has 0 bridgehead atoms. The molecule has 2 aromatic rings. The van der Waals surface area contributed by atoms with Crippen molar-refractivity contribution in [3.63, 3.8) is 0 Å². The predicted octanol–water partition coefficient (Wildman–Crippen LogP) is 5.52. The van der Waals surface area contributed by atoms with Crippen LogP contribution in [0.1, 0.15) is 49.1 Å². The van der Waals surface area contributed by atoms with Gasteiger partial charge in [0.15, 0.2) is 0 Å². The molecule has 0 unspecified atom stereocenters. The van der Waals surface area contributed by atoms with E-state index in [9.17, 15) is 4.79 Å². The number of hydrogen-bond donors (Lipinski definition) is 1. The first-order chi connectivity index (χ1) is 13.1. The van der Waals surface area contributed by atoms with Crippen molar-refractivity contribution >= 4 is 23.2 Å². The number of nitrogens with zero attached hydrogens (tertiary/aromatic N) is 1. The van der Waals surface area contributed by atoms with Crippen LogP contribution in [0.5, 0.6) is 5.75 Å². The van der Waals surface area contributed by atoms with Crippen LogP contribution < -0.4 is 10.1 Å². The Morgan fingerprint density at radius 1 is 1.19 bits per heavy atom. The van der Waals surface area contributed by atoms with Gasteiger partial charge in [-0.25, -0.2) is 0 Å². The quantitative estimate of drug-likeness (QED) is 0.740. The van der Waals surface area contributed by atoms with Gasteiger partial charge in [0, 0.05) is 12.1 Å². The number of rotatable bonds is 5. The fourth-order valence-electron chi connectivity index (χ4n) is 3.74. The number of nitrogens with one attached hydrogen (secondary N) is 1. The maximum absolute atomic E-state index is 12.3. The first-order valence-corrected chi connectivity index (χ1v) is 9.60. The second kappa shape index (κ2) is 8.92. The monoisotopic (exact) mass is 382 g/mol. The van der Waals surface area contributed by atoms with Crippen molar-refractivity contribution in [1.29, 1.82) is 5.26 Å². The van der Waals surface area contributed by atoms with Gasteiger partial charge in [-0.3, -0.25) is 4.79 Å². The number of amides is 1. The van der Waals surface area contributed by atoms with Gasteiger partial charge in [0.1, 0.15) is 5.75 Å². The van der Waals surface area contributed by atoms with Crippen LogP contribution in [0.3, 0.4) is 0 Å². The molecule has 2 aromatic carbocycles. The minimum absolute atomic E-state index is 0.0376. The molecule has 1 saturated carbocycles. The summed E-state index contributed by atoms with van der Waals surface area (Å²) in [5.41, 5.74) is 2.58. The topological polar surface area (TPSA) is 62.1 Å². The Kier molecular flexibility index (Phi) is 6.36. The van der Waals surface area contributed by atoms with E-state index in [-0.39, 0.29) is 5.91 Å². The molecule has 0 heterocycles. The van der Waals surface area contributed by atoms with Crippen LogP contribution >= 0.6 is 11.6 Å². The summed E-state index contributed by atoms with van der Waals surface area (Å²) in [6.07, 6.45) is 4.75. The molecular formula is C22H23ClN2O2. The third-order valence-electron chi connectivity index (χ3n) is 5.27. The SMILES string of the molecule is COc1ccc([C@H]2CC[C@@H](CC(=O)Nc3ccc(C#N)cc3)CC2)cc1Cl. The van der Waals surface area contributed by atoms with Gasteiger partial charge in [0.2, 0.25) is 5.91 Å². The summed E-state index contributed by atoms with van der Waals surface area (Å²) in [6.45, 7) is 0. The number of carbonyl (C=O) groups excluding carboxylic acids is 1. The van der Waals surface area contributed by atoms with Gasteiger partial charge in [-0.1, -0.05) is 17.7 Å². The average Bonchev–Trinajstić information content (AvgIpc) is 2.69. The molecule has 140 valence electrons. The Bertz CT molecular complexity index is 834. The molecule has 27 heavy (non-hydrogen) atoms. The van der Waals surface area contributed by atoms with E-state index in [1.165, 1.54) is 5.56 Å². The largest absolute Gasteiger partial charge is 0.495 e. The summed E-state index contributed by atoms with van der Waals surface area (Å²) in [7, 11) is 1.62. The molecule has 0 saturated heterocycles. The normalized spacial score (nSPS) is 19.1. The number of nitriles is 1. The highest BCUT2D eigenvalue weighted by Gasteiger charge is 2.24. The lowest BCUT2D eigenvalue weighted by Gasteiger charge is -2.28. The van der Waals surface area contributed by atoms with Crippen molar-refractivity contribution in [2.24, 2.45) is 5.92 Å². The predicted molar refractivity (Wildman–Crippen MR) is 107 cm³/mol. The highest BCUT2D eigenvalue weighted by atomic mass is 35.5. The molecule has 1 N–H and O–H groups in total. The van der Waals surface area contributed by atoms with Crippen molar-refractivity contribution in [3.8, 4) is 11.8 Å². The second-order valence-electron chi connectivity index (χ2n) is 7.05. The second-order valence-corrected chi connectivity index (χ2v) is 7.46. The third kappa shape index (κ3) is 5.02. The molecule has 0 spiro atoms. The Balaban J connectivity index is 1.49. The molecule has 4 nitrogen and oxygen atoms in total. The molecule has 0 aliphatic heterocycles. The van der Waals surface area contributed by atoms with Gasteiger partial charge in [0.05, 0.1) is 23.8 Å². The number of ether oxygens (including phenoxy) is 1. The lowest BCUT2D eigenvalue weighted by Crippen LogP contribution is -2.20. The van der Waals surface area contributed by atoms with E-state index in [0.29, 0.717) is 34.6 Å². The van der Waals surface area contributed by atoms with Crippen LogP contribution in [-0.4, -0.2) is 13.0 Å². The highest BCUT2D eigenvalue weighted by molar-refractivity contribution is 6.32. The lowest BCUT2D eigenvalue weighted by atomic mass is 9.77. The summed E-state index contributed by atoms with van der Waals surface area (Å²) in [5.74, 6) is 1.64. The summed E-state index contributed by atoms with van der Waals surface area (Å²) < 4.78 is 5.22. The number of hydrogen-bond acceptors (Lipinski definition) is 3. The van der Waals surface area contributed by atoms with Gasteiger partial charge in [-0.15, -0.1) is 0 Å². The molecule has 0 radical (unpaired) electrons. The van der Waals surface area contributed by atoms with Crippen LogP contribution in [0.25, 0.3) is 0 Å². The van der Waals surface area contributed by atoms with E-state index in [1.807, 2.05) is 12.1 Å². The summed E-state index contributed by atoms with van der Waals surface area (Å²) in [4.78, 5) is 12.3. The van der Waals surface area contributed by atoms with Crippen LogP contribution in [0.4, 0.5) is 5.69 Å². The molecule has 5 heteroatoms. The Morgan fingerprint density at radius 3 is 2.48 bits per heavy atom. The molecule has 1 aliphatic rings.